The molecule has 2 heterocycles. The van der Waals surface area contributed by atoms with E-state index in [1.165, 1.54) is 12.0 Å². The predicted molar refractivity (Wildman–Crippen MR) is 123 cm³/mol. The summed E-state index contributed by atoms with van der Waals surface area (Å²) in [5, 5.41) is 13.4. The Kier molecular flexibility index (Phi) is 6.92. The van der Waals surface area contributed by atoms with Gasteiger partial charge in [-0.05, 0) is 35.7 Å². The van der Waals surface area contributed by atoms with E-state index in [2.05, 4.69) is 4.98 Å². The highest BCUT2D eigenvalue weighted by molar-refractivity contribution is 6.46. The van der Waals surface area contributed by atoms with Crippen LogP contribution in [-0.2, 0) is 16.1 Å². The third-order valence-corrected chi connectivity index (χ3v) is 5.65. The van der Waals surface area contributed by atoms with Crippen LogP contribution < -0.4 is 19.6 Å². The molecule has 1 aliphatic heterocycles. The van der Waals surface area contributed by atoms with Gasteiger partial charge in [0.25, 0.3) is 5.91 Å². The van der Waals surface area contributed by atoms with Crippen molar-refractivity contribution in [2.75, 3.05) is 13.7 Å². The van der Waals surface area contributed by atoms with Crippen LogP contribution in [0.1, 0.15) is 36.1 Å². The van der Waals surface area contributed by atoms with Gasteiger partial charge >= 0.3 is 0 Å². The Balaban J connectivity index is 1.85. The number of nitrogens with one attached hydrogen (secondary N) is 1. The molecule has 1 aliphatic rings. The van der Waals surface area contributed by atoms with Crippen molar-refractivity contribution in [3.05, 3.63) is 95.3 Å². The molecule has 0 saturated carbocycles. The maximum Gasteiger partial charge on any atom is 0.295 e. The highest BCUT2D eigenvalue weighted by Gasteiger charge is 2.44. The van der Waals surface area contributed by atoms with Gasteiger partial charge in [0, 0.05) is 17.2 Å². The molecule has 7 nitrogen and oxygen atoms in total. The summed E-state index contributed by atoms with van der Waals surface area (Å²) in [6.07, 6.45) is 4.35. The number of nitrogens with zero attached hydrogens (tertiary/aromatic N) is 1. The van der Waals surface area contributed by atoms with Crippen molar-refractivity contribution >= 4 is 17.4 Å². The van der Waals surface area contributed by atoms with Gasteiger partial charge in [-0.3, -0.25) is 9.59 Å². The number of hydrogen-bond donors (Lipinski definition) is 0. The number of aromatic nitrogens is 1. The molecule has 174 valence electrons. The summed E-state index contributed by atoms with van der Waals surface area (Å²) in [6, 6.07) is 16.6. The second-order valence-corrected chi connectivity index (χ2v) is 7.94. The molecular formula is C27H26N2O5. The van der Waals surface area contributed by atoms with Crippen LogP contribution >= 0.6 is 0 Å². The second-order valence-electron chi connectivity index (χ2n) is 7.94. The molecule has 1 atom stereocenters. The Hall–Kier alpha value is -4.13. The molecule has 1 saturated heterocycles. The zero-order valence-corrected chi connectivity index (χ0v) is 19.1. The first kappa shape index (κ1) is 23.0. The van der Waals surface area contributed by atoms with Crippen molar-refractivity contribution in [1.82, 2.24) is 4.90 Å². The molecule has 0 radical (unpaired) electrons. The molecule has 1 amide bonds. The van der Waals surface area contributed by atoms with Crippen LogP contribution in [0.2, 0.25) is 0 Å². The first-order valence-electron chi connectivity index (χ1n) is 11.1. The Morgan fingerprint density at radius 1 is 1.06 bits per heavy atom. The Morgan fingerprint density at radius 2 is 1.85 bits per heavy atom. The van der Waals surface area contributed by atoms with Crippen LogP contribution in [0.15, 0.2) is 78.6 Å². The number of aromatic amines is 1. The Labute approximate surface area is 198 Å². The normalized spacial score (nSPS) is 17.1. The minimum absolute atomic E-state index is 0.0691. The number of Topliss-reactive ketones (excluding diaryl/α,β-unsaturated/α-hetero) is 1. The average molecular weight is 459 g/mol. The lowest BCUT2D eigenvalue weighted by Gasteiger charge is -2.28. The molecule has 4 rings (SSSR count). The number of amides is 1. The number of ether oxygens (including phenoxy) is 2. The number of methoxy groups -OCH3 is 1. The number of ketones is 1. The van der Waals surface area contributed by atoms with Gasteiger partial charge < -0.3 is 19.5 Å². The number of carbonyl (C=O) groups is 2. The molecule has 1 fully saturated rings. The van der Waals surface area contributed by atoms with E-state index in [1.54, 1.807) is 60.9 Å². The molecule has 34 heavy (non-hydrogen) atoms. The van der Waals surface area contributed by atoms with E-state index in [9.17, 15) is 14.7 Å². The van der Waals surface area contributed by atoms with Gasteiger partial charge in [-0.2, -0.15) is 0 Å². The van der Waals surface area contributed by atoms with Crippen molar-refractivity contribution in [1.29, 1.82) is 0 Å². The number of likely N-dealkylation sites (tertiary alicyclic amines) is 1. The Bertz CT molecular complexity index is 1210. The highest BCUT2D eigenvalue weighted by Crippen LogP contribution is 2.42. The van der Waals surface area contributed by atoms with Crippen LogP contribution in [0.5, 0.6) is 11.5 Å². The molecular weight excluding hydrogens is 432 g/mol. The first-order valence-corrected chi connectivity index (χ1v) is 11.1. The fourth-order valence-corrected chi connectivity index (χ4v) is 4.04. The molecule has 1 aromatic heterocycles. The largest absolute Gasteiger partial charge is 0.872 e. The number of rotatable bonds is 8. The quantitative estimate of drug-likeness (QED) is 0.294. The minimum Gasteiger partial charge on any atom is -0.872 e. The fourth-order valence-electron chi connectivity index (χ4n) is 4.04. The van der Waals surface area contributed by atoms with E-state index < -0.39 is 23.5 Å². The molecule has 3 aromatic rings. The number of carbonyl (C=O) groups excluding carboxylic acids is 2. The average Bonchev–Trinajstić information content (AvgIpc) is 3.13. The third-order valence-electron chi connectivity index (χ3n) is 5.65. The maximum absolute atomic E-state index is 13.4. The van der Waals surface area contributed by atoms with Crippen molar-refractivity contribution in [2.24, 2.45) is 0 Å². The smallest absolute Gasteiger partial charge is 0.295 e. The van der Waals surface area contributed by atoms with E-state index >= 15 is 0 Å². The van der Waals surface area contributed by atoms with Crippen molar-refractivity contribution in [3.63, 3.8) is 0 Å². The van der Waals surface area contributed by atoms with Gasteiger partial charge in [-0.25, -0.2) is 4.98 Å². The number of pyridine rings is 1. The molecule has 7 heteroatoms. The zero-order valence-electron chi connectivity index (χ0n) is 19.1. The van der Waals surface area contributed by atoms with E-state index in [1.807, 2.05) is 19.1 Å². The van der Waals surface area contributed by atoms with Crippen molar-refractivity contribution in [3.8, 4) is 11.5 Å². The molecule has 0 aliphatic carbocycles. The SMILES string of the molecule is CCCOc1ccc(C2/C(=C(\[O-])c3ccccc3)C(=O)C(=O)N2Cc2ccc[nH+]c2)cc1OC. The van der Waals surface area contributed by atoms with E-state index in [0.29, 0.717) is 29.2 Å². The van der Waals surface area contributed by atoms with E-state index in [-0.39, 0.29) is 12.1 Å². The Morgan fingerprint density at radius 3 is 2.53 bits per heavy atom. The molecule has 1 unspecified atom stereocenters. The zero-order chi connectivity index (χ0) is 24.1. The summed E-state index contributed by atoms with van der Waals surface area (Å²) in [6.45, 7) is 2.69. The lowest BCUT2D eigenvalue weighted by Crippen LogP contribution is -2.29. The maximum atomic E-state index is 13.4. The lowest BCUT2D eigenvalue weighted by atomic mass is 9.95. The van der Waals surface area contributed by atoms with Crippen molar-refractivity contribution < 1.29 is 29.2 Å². The highest BCUT2D eigenvalue weighted by atomic mass is 16.5. The van der Waals surface area contributed by atoms with Crippen LogP contribution in [0.25, 0.3) is 5.76 Å². The summed E-state index contributed by atoms with van der Waals surface area (Å²) < 4.78 is 11.3. The van der Waals surface area contributed by atoms with E-state index in [0.717, 1.165) is 12.0 Å². The van der Waals surface area contributed by atoms with Crippen LogP contribution in [-0.4, -0.2) is 30.3 Å². The second kappa shape index (κ2) is 10.2. The van der Waals surface area contributed by atoms with Crippen molar-refractivity contribution in [2.45, 2.75) is 25.9 Å². The molecule has 1 N–H and O–H groups in total. The minimum atomic E-state index is -0.859. The predicted octanol–water partition coefficient (Wildman–Crippen LogP) is 2.72. The summed E-state index contributed by atoms with van der Waals surface area (Å²) in [4.78, 5) is 30.7. The van der Waals surface area contributed by atoms with Gasteiger partial charge in [0.05, 0.1) is 26.3 Å². The molecule has 0 bridgehead atoms. The summed E-state index contributed by atoms with van der Waals surface area (Å²) >= 11 is 0. The van der Waals surface area contributed by atoms with Gasteiger partial charge in [0.2, 0.25) is 5.78 Å². The molecule has 0 spiro atoms. The first-order chi connectivity index (χ1) is 16.5. The standard InChI is InChI=1S/C27H26N2O5/c1-3-14-34-21-12-11-20(15-22(21)33-2)24-23(25(30)19-9-5-4-6-10-19)26(31)27(32)29(24)17-18-8-7-13-28-16-18/h4-13,15-16,24,30H,3,14,17H2,1-2H3/b25-23+. The summed E-state index contributed by atoms with van der Waals surface area (Å²) in [5.74, 6) is -0.931. The van der Waals surface area contributed by atoms with Gasteiger partial charge in [-0.15, -0.1) is 0 Å². The summed E-state index contributed by atoms with van der Waals surface area (Å²) in [5.41, 5.74) is 1.69. The monoisotopic (exact) mass is 458 g/mol. The topological polar surface area (TPSA) is 93.0 Å². The fraction of sp³-hybridized carbons (Fsp3) is 0.222. The van der Waals surface area contributed by atoms with Crippen LogP contribution in [0.3, 0.4) is 0 Å². The van der Waals surface area contributed by atoms with E-state index in [4.69, 9.17) is 9.47 Å². The van der Waals surface area contributed by atoms with Gasteiger partial charge in [-0.1, -0.05) is 49.1 Å². The molecule has 2 aromatic carbocycles. The van der Waals surface area contributed by atoms with Gasteiger partial charge in [0.15, 0.2) is 23.9 Å². The number of H-pyrrole nitrogens is 1. The third kappa shape index (κ3) is 4.50. The van der Waals surface area contributed by atoms with Crippen LogP contribution in [0, 0.1) is 0 Å². The number of hydrogen-bond acceptors (Lipinski definition) is 5. The lowest BCUT2D eigenvalue weighted by molar-refractivity contribution is -0.378. The van der Waals surface area contributed by atoms with Crippen LogP contribution in [0.4, 0.5) is 0 Å². The summed E-state index contributed by atoms with van der Waals surface area (Å²) in [7, 11) is 1.53. The van der Waals surface area contributed by atoms with Gasteiger partial charge in [0.1, 0.15) is 0 Å². The number of benzene rings is 2.